The molecule has 5 nitrogen and oxygen atoms in total. The van der Waals surface area contributed by atoms with Crippen LogP contribution < -0.4 is 10.1 Å². The third-order valence-corrected chi connectivity index (χ3v) is 5.78. The molecule has 2 aromatic carbocycles. The second kappa shape index (κ2) is 9.59. The van der Waals surface area contributed by atoms with E-state index in [1.165, 1.54) is 38.5 Å². The molecule has 4 rings (SSSR count). The Morgan fingerprint density at radius 3 is 2.62 bits per heavy atom. The summed E-state index contributed by atoms with van der Waals surface area (Å²) in [5, 5.41) is 2.96. The predicted octanol–water partition coefficient (Wildman–Crippen LogP) is 4.70. The molecule has 3 aromatic rings. The van der Waals surface area contributed by atoms with Gasteiger partial charge in [0.05, 0.1) is 17.6 Å². The lowest BCUT2D eigenvalue weighted by molar-refractivity contribution is -0.123. The number of para-hydroxylation sites is 3. The first-order chi connectivity index (χ1) is 14.3. The Balaban J connectivity index is 1.38. The van der Waals surface area contributed by atoms with Gasteiger partial charge in [-0.3, -0.25) is 4.79 Å². The molecule has 0 radical (unpaired) electrons. The fourth-order valence-corrected chi connectivity index (χ4v) is 4.19. The number of carbonyl (C=O) groups excluding carboxylic acids is 1. The Labute approximate surface area is 172 Å². The summed E-state index contributed by atoms with van der Waals surface area (Å²) >= 11 is 0. The molecule has 1 saturated carbocycles. The zero-order chi connectivity index (χ0) is 19.9. The van der Waals surface area contributed by atoms with Gasteiger partial charge in [-0.25, -0.2) is 4.98 Å². The monoisotopic (exact) mass is 391 g/mol. The largest absolute Gasteiger partial charge is 0.484 e. The number of aromatic nitrogens is 2. The molecule has 0 spiro atoms. The molecular weight excluding hydrogens is 362 g/mol. The van der Waals surface area contributed by atoms with E-state index in [1.807, 2.05) is 42.5 Å². The van der Waals surface area contributed by atoms with Crippen LogP contribution in [0.4, 0.5) is 0 Å². The van der Waals surface area contributed by atoms with Gasteiger partial charge in [0.1, 0.15) is 11.6 Å². The molecule has 0 atom stereocenters. The molecule has 152 valence electrons. The number of hydrogen-bond acceptors (Lipinski definition) is 3. The van der Waals surface area contributed by atoms with Crippen molar-refractivity contribution in [3.63, 3.8) is 0 Å². The maximum absolute atomic E-state index is 12.2. The summed E-state index contributed by atoms with van der Waals surface area (Å²) in [6, 6.07) is 17.6. The van der Waals surface area contributed by atoms with Crippen molar-refractivity contribution in [3.05, 3.63) is 60.4 Å². The Hall–Kier alpha value is -2.82. The van der Waals surface area contributed by atoms with Crippen LogP contribution in [0.25, 0.3) is 11.0 Å². The number of rotatable bonds is 8. The number of aryl methyl sites for hydroxylation is 1. The molecule has 1 fully saturated rings. The summed E-state index contributed by atoms with van der Waals surface area (Å²) < 4.78 is 7.81. The molecular formula is C24H29N3O2. The molecule has 0 unspecified atom stereocenters. The van der Waals surface area contributed by atoms with Gasteiger partial charge in [0.25, 0.3) is 5.91 Å². The predicted molar refractivity (Wildman–Crippen MR) is 115 cm³/mol. The normalized spacial score (nSPS) is 14.8. The first-order valence-electron chi connectivity index (χ1n) is 10.7. The van der Waals surface area contributed by atoms with Crippen molar-refractivity contribution in [2.75, 3.05) is 6.61 Å². The number of benzene rings is 2. The highest BCUT2D eigenvalue weighted by Gasteiger charge is 2.16. The van der Waals surface area contributed by atoms with Gasteiger partial charge in [0.15, 0.2) is 6.61 Å². The summed E-state index contributed by atoms with van der Waals surface area (Å²) in [5.41, 5.74) is 2.13. The Kier molecular flexibility index (Phi) is 6.45. The standard InChI is InChI=1S/C24H29N3O2/c28-24(18-29-20-11-5-2-6-12-20)25-17-23-26-21-13-7-8-14-22(21)27(23)16-15-19-9-3-1-4-10-19/h2,5-8,11-14,19H,1,3-4,9-10,15-18H2,(H,25,28). The van der Waals surface area contributed by atoms with E-state index < -0.39 is 0 Å². The summed E-state index contributed by atoms with van der Waals surface area (Å²) in [4.78, 5) is 17.0. The van der Waals surface area contributed by atoms with Crippen molar-refractivity contribution in [2.45, 2.75) is 51.6 Å². The molecule has 1 heterocycles. The van der Waals surface area contributed by atoms with Crippen molar-refractivity contribution >= 4 is 16.9 Å². The number of nitrogens with one attached hydrogen (secondary N) is 1. The minimum Gasteiger partial charge on any atom is -0.484 e. The lowest BCUT2D eigenvalue weighted by atomic mass is 9.87. The minimum absolute atomic E-state index is 0.00627. The molecule has 5 heteroatoms. The van der Waals surface area contributed by atoms with Crippen LogP contribution in [0, 0.1) is 5.92 Å². The zero-order valence-electron chi connectivity index (χ0n) is 16.8. The number of nitrogens with zero attached hydrogens (tertiary/aromatic N) is 2. The summed E-state index contributed by atoms with van der Waals surface area (Å²) in [6.45, 7) is 1.37. The van der Waals surface area contributed by atoms with E-state index in [2.05, 4.69) is 22.0 Å². The van der Waals surface area contributed by atoms with Gasteiger partial charge in [0.2, 0.25) is 0 Å². The van der Waals surface area contributed by atoms with Gasteiger partial charge in [-0.2, -0.15) is 0 Å². The topological polar surface area (TPSA) is 56.1 Å². The molecule has 29 heavy (non-hydrogen) atoms. The van der Waals surface area contributed by atoms with Crippen LogP contribution >= 0.6 is 0 Å². The van der Waals surface area contributed by atoms with Gasteiger partial charge in [-0.1, -0.05) is 62.4 Å². The van der Waals surface area contributed by atoms with E-state index in [9.17, 15) is 4.79 Å². The molecule has 1 aliphatic rings. The molecule has 1 N–H and O–H groups in total. The summed E-state index contributed by atoms with van der Waals surface area (Å²) in [6.07, 6.45) is 7.97. The third-order valence-electron chi connectivity index (χ3n) is 5.78. The van der Waals surface area contributed by atoms with Crippen molar-refractivity contribution < 1.29 is 9.53 Å². The Bertz CT molecular complexity index is 930. The number of amides is 1. The fourth-order valence-electron chi connectivity index (χ4n) is 4.19. The van der Waals surface area contributed by atoms with Crippen LogP contribution in [0.1, 0.15) is 44.3 Å². The summed E-state index contributed by atoms with van der Waals surface area (Å²) in [7, 11) is 0. The van der Waals surface area contributed by atoms with Crippen LogP contribution in [0.5, 0.6) is 5.75 Å². The molecule has 0 aliphatic heterocycles. The second-order valence-electron chi connectivity index (χ2n) is 7.84. The van der Waals surface area contributed by atoms with Gasteiger partial charge in [-0.15, -0.1) is 0 Å². The van der Waals surface area contributed by atoms with Crippen LogP contribution in [0.15, 0.2) is 54.6 Å². The minimum atomic E-state index is -0.139. The van der Waals surface area contributed by atoms with Crippen molar-refractivity contribution in [1.29, 1.82) is 0 Å². The highest BCUT2D eigenvalue weighted by atomic mass is 16.5. The lowest BCUT2D eigenvalue weighted by Crippen LogP contribution is -2.29. The van der Waals surface area contributed by atoms with Gasteiger partial charge in [0, 0.05) is 6.54 Å². The number of carbonyl (C=O) groups is 1. The van der Waals surface area contributed by atoms with Crippen LogP contribution in [0.3, 0.4) is 0 Å². The zero-order valence-corrected chi connectivity index (χ0v) is 16.8. The van der Waals surface area contributed by atoms with E-state index in [4.69, 9.17) is 9.72 Å². The molecule has 1 aromatic heterocycles. The maximum atomic E-state index is 12.2. The van der Waals surface area contributed by atoms with Crippen LogP contribution in [-0.2, 0) is 17.9 Å². The number of hydrogen-bond donors (Lipinski definition) is 1. The van der Waals surface area contributed by atoms with Crippen molar-refractivity contribution in [2.24, 2.45) is 5.92 Å². The molecule has 1 aliphatic carbocycles. The van der Waals surface area contributed by atoms with E-state index in [0.717, 1.165) is 29.3 Å². The second-order valence-corrected chi connectivity index (χ2v) is 7.84. The first-order valence-corrected chi connectivity index (χ1v) is 10.7. The highest BCUT2D eigenvalue weighted by Crippen LogP contribution is 2.27. The first kappa shape index (κ1) is 19.5. The average molecular weight is 392 g/mol. The molecule has 0 bridgehead atoms. The Morgan fingerprint density at radius 1 is 1.03 bits per heavy atom. The van der Waals surface area contributed by atoms with Crippen molar-refractivity contribution in [1.82, 2.24) is 14.9 Å². The van der Waals surface area contributed by atoms with E-state index >= 15 is 0 Å². The third kappa shape index (κ3) is 5.17. The lowest BCUT2D eigenvalue weighted by Gasteiger charge is -2.22. The average Bonchev–Trinajstić information content (AvgIpc) is 3.14. The van der Waals surface area contributed by atoms with Crippen LogP contribution in [-0.4, -0.2) is 22.1 Å². The molecule has 1 amide bonds. The van der Waals surface area contributed by atoms with E-state index in [-0.39, 0.29) is 12.5 Å². The van der Waals surface area contributed by atoms with Gasteiger partial charge >= 0.3 is 0 Å². The number of fused-ring (bicyclic) bond motifs is 1. The van der Waals surface area contributed by atoms with E-state index in [1.54, 1.807) is 0 Å². The maximum Gasteiger partial charge on any atom is 0.258 e. The van der Waals surface area contributed by atoms with Gasteiger partial charge in [-0.05, 0) is 36.6 Å². The number of imidazole rings is 1. The smallest absolute Gasteiger partial charge is 0.258 e. The highest BCUT2D eigenvalue weighted by molar-refractivity contribution is 5.78. The van der Waals surface area contributed by atoms with E-state index in [0.29, 0.717) is 12.3 Å². The Morgan fingerprint density at radius 2 is 1.79 bits per heavy atom. The molecule has 0 saturated heterocycles. The summed E-state index contributed by atoms with van der Waals surface area (Å²) in [5.74, 6) is 2.28. The quantitative estimate of drug-likeness (QED) is 0.605. The fraction of sp³-hybridized carbons (Fsp3) is 0.417. The van der Waals surface area contributed by atoms with Crippen molar-refractivity contribution in [3.8, 4) is 5.75 Å². The number of ether oxygens (including phenoxy) is 1. The SMILES string of the molecule is O=C(COc1ccccc1)NCc1nc2ccccc2n1CCC1CCCCC1. The van der Waals surface area contributed by atoms with Crippen LogP contribution in [0.2, 0.25) is 0 Å². The van der Waals surface area contributed by atoms with Gasteiger partial charge < -0.3 is 14.6 Å².